The zero-order valence-corrected chi connectivity index (χ0v) is 12.5. The average molecular weight is 318 g/mol. The van der Waals surface area contributed by atoms with Crippen LogP contribution in [0.15, 0.2) is 12.4 Å². The molecule has 0 fully saturated rings. The molecule has 102 valence electrons. The summed E-state index contributed by atoms with van der Waals surface area (Å²) in [5, 5.41) is 15.6. The smallest absolute Gasteiger partial charge is 0.265 e. The number of rotatable bonds is 8. The zero-order valence-electron chi connectivity index (χ0n) is 10.9. The molecule has 1 heterocycles. The molecule has 0 radical (unpaired) electrons. The summed E-state index contributed by atoms with van der Waals surface area (Å²) in [4.78, 5) is 10.2. The quantitative estimate of drug-likeness (QED) is 0.416. The van der Waals surface area contributed by atoms with Gasteiger partial charge in [-0.15, -0.1) is 0 Å². The molecule has 0 saturated carbocycles. The summed E-state index contributed by atoms with van der Waals surface area (Å²) in [5.74, 6) is 0. The Bertz CT molecular complexity index is 386. The van der Waals surface area contributed by atoms with Crippen molar-refractivity contribution in [3.63, 3.8) is 0 Å². The summed E-state index contributed by atoms with van der Waals surface area (Å²) in [6.07, 6.45) is 7.24. The van der Waals surface area contributed by atoms with Gasteiger partial charge in [-0.3, -0.25) is 14.8 Å². The monoisotopic (exact) mass is 317 g/mol. The van der Waals surface area contributed by atoms with Crippen LogP contribution < -0.4 is 0 Å². The summed E-state index contributed by atoms with van der Waals surface area (Å²) < 4.78 is 1.70. The third-order valence-electron chi connectivity index (χ3n) is 3.17. The molecule has 0 spiro atoms. The third kappa shape index (κ3) is 3.80. The van der Waals surface area contributed by atoms with Crippen molar-refractivity contribution in [2.45, 2.75) is 46.1 Å². The minimum atomic E-state index is -0.404. The third-order valence-corrected chi connectivity index (χ3v) is 4.36. The first-order chi connectivity index (χ1) is 8.56. The van der Waals surface area contributed by atoms with E-state index < -0.39 is 4.92 Å². The van der Waals surface area contributed by atoms with Crippen LogP contribution in [0, 0.1) is 15.5 Å². The maximum atomic E-state index is 10.6. The van der Waals surface area contributed by atoms with Gasteiger partial charge in [0.15, 0.2) is 0 Å². The molecule has 1 aromatic rings. The molecule has 0 saturated heterocycles. The van der Waals surface area contributed by atoms with E-state index in [-0.39, 0.29) is 11.1 Å². The fourth-order valence-electron chi connectivity index (χ4n) is 2.40. The van der Waals surface area contributed by atoms with E-state index in [1.54, 1.807) is 4.68 Å². The molecular formula is C12H20BrN3O2. The van der Waals surface area contributed by atoms with Gasteiger partial charge in [0, 0.05) is 11.9 Å². The second kappa shape index (κ2) is 6.87. The van der Waals surface area contributed by atoms with E-state index in [4.69, 9.17) is 0 Å². The summed E-state index contributed by atoms with van der Waals surface area (Å²) >= 11 is 3.59. The Morgan fingerprint density at radius 1 is 1.44 bits per heavy atom. The molecule has 6 heteroatoms. The van der Waals surface area contributed by atoms with Crippen molar-refractivity contribution >= 4 is 21.6 Å². The predicted octanol–water partition coefficient (Wildman–Crippen LogP) is 3.77. The molecule has 0 N–H and O–H groups in total. The number of nitro groups is 1. The van der Waals surface area contributed by atoms with Crippen LogP contribution in [0.4, 0.5) is 5.69 Å². The minimum absolute atomic E-state index is 0.0615. The summed E-state index contributed by atoms with van der Waals surface area (Å²) in [5.41, 5.74) is 0.204. The number of aromatic nitrogens is 2. The van der Waals surface area contributed by atoms with E-state index in [0.29, 0.717) is 0 Å². The number of alkyl halides is 1. The van der Waals surface area contributed by atoms with E-state index in [0.717, 1.165) is 37.6 Å². The maximum absolute atomic E-state index is 10.6. The molecule has 0 aliphatic carbocycles. The number of hydrogen-bond donors (Lipinski definition) is 0. The lowest BCUT2D eigenvalue weighted by atomic mass is 9.81. The maximum Gasteiger partial charge on any atom is 0.306 e. The van der Waals surface area contributed by atoms with Crippen molar-refractivity contribution in [1.82, 2.24) is 9.78 Å². The Kier molecular flexibility index (Phi) is 5.78. The highest BCUT2D eigenvalue weighted by molar-refractivity contribution is 9.09. The van der Waals surface area contributed by atoms with Crippen LogP contribution in [-0.4, -0.2) is 20.0 Å². The highest BCUT2D eigenvalue weighted by atomic mass is 79.9. The molecule has 0 bridgehead atoms. The van der Waals surface area contributed by atoms with Crippen molar-refractivity contribution < 1.29 is 4.92 Å². The van der Waals surface area contributed by atoms with Gasteiger partial charge in [-0.2, -0.15) is 5.10 Å². The molecule has 1 aromatic heterocycles. The molecule has 0 amide bonds. The van der Waals surface area contributed by atoms with Gasteiger partial charge in [-0.1, -0.05) is 42.6 Å². The van der Waals surface area contributed by atoms with Crippen LogP contribution in [0.2, 0.25) is 0 Å². The Labute approximate surface area is 116 Å². The SMILES string of the molecule is CCCC(CBr)(CCC)Cn1cc([N+](=O)[O-])cn1. The first kappa shape index (κ1) is 15.1. The fraction of sp³-hybridized carbons (Fsp3) is 0.750. The minimum Gasteiger partial charge on any atom is -0.265 e. The van der Waals surface area contributed by atoms with E-state index in [2.05, 4.69) is 34.9 Å². The van der Waals surface area contributed by atoms with Gasteiger partial charge in [0.1, 0.15) is 12.4 Å². The first-order valence-electron chi connectivity index (χ1n) is 6.29. The van der Waals surface area contributed by atoms with Crippen molar-refractivity contribution in [3.8, 4) is 0 Å². The summed E-state index contributed by atoms with van der Waals surface area (Å²) in [6.45, 7) is 5.06. The van der Waals surface area contributed by atoms with Gasteiger partial charge >= 0.3 is 5.69 Å². The first-order valence-corrected chi connectivity index (χ1v) is 7.42. The van der Waals surface area contributed by atoms with E-state index in [1.807, 2.05) is 0 Å². The van der Waals surface area contributed by atoms with Gasteiger partial charge in [0.25, 0.3) is 0 Å². The predicted molar refractivity (Wildman–Crippen MR) is 74.9 cm³/mol. The topological polar surface area (TPSA) is 61.0 Å². The van der Waals surface area contributed by atoms with Gasteiger partial charge < -0.3 is 0 Å². The lowest BCUT2D eigenvalue weighted by Crippen LogP contribution is -2.29. The van der Waals surface area contributed by atoms with Crippen LogP contribution in [0.5, 0.6) is 0 Å². The van der Waals surface area contributed by atoms with Gasteiger partial charge in [0.2, 0.25) is 0 Å². The molecule has 0 unspecified atom stereocenters. The van der Waals surface area contributed by atoms with E-state index in [1.165, 1.54) is 12.4 Å². The normalized spacial score (nSPS) is 11.7. The van der Waals surface area contributed by atoms with Crippen LogP contribution in [0.25, 0.3) is 0 Å². The standard InChI is InChI=1S/C12H20BrN3O2/c1-3-5-12(9-13,6-4-2)10-15-8-11(7-14-15)16(17)18/h7-8H,3-6,9-10H2,1-2H3. The lowest BCUT2D eigenvalue weighted by Gasteiger charge is -2.31. The van der Waals surface area contributed by atoms with Crippen LogP contribution in [0.1, 0.15) is 39.5 Å². The van der Waals surface area contributed by atoms with Gasteiger partial charge in [-0.05, 0) is 18.3 Å². The number of halogens is 1. The Morgan fingerprint density at radius 2 is 2.06 bits per heavy atom. The fourth-order valence-corrected chi connectivity index (χ4v) is 3.13. The second-order valence-electron chi connectivity index (χ2n) is 4.79. The van der Waals surface area contributed by atoms with Crippen molar-refractivity contribution in [2.24, 2.45) is 5.41 Å². The highest BCUT2D eigenvalue weighted by Gasteiger charge is 2.28. The number of hydrogen-bond acceptors (Lipinski definition) is 3. The molecule has 1 rings (SSSR count). The van der Waals surface area contributed by atoms with E-state index in [9.17, 15) is 10.1 Å². The van der Waals surface area contributed by atoms with Crippen molar-refractivity contribution in [2.75, 3.05) is 5.33 Å². The second-order valence-corrected chi connectivity index (χ2v) is 5.35. The van der Waals surface area contributed by atoms with Crippen LogP contribution >= 0.6 is 15.9 Å². The van der Waals surface area contributed by atoms with Crippen LogP contribution in [0.3, 0.4) is 0 Å². The average Bonchev–Trinajstić information content (AvgIpc) is 2.78. The number of nitrogens with zero attached hydrogens (tertiary/aromatic N) is 3. The largest absolute Gasteiger partial charge is 0.306 e. The summed E-state index contributed by atoms with van der Waals surface area (Å²) in [7, 11) is 0. The Hall–Kier alpha value is -0.910. The van der Waals surface area contributed by atoms with Gasteiger partial charge in [-0.25, -0.2) is 0 Å². The zero-order chi connectivity index (χ0) is 13.6. The Morgan fingerprint density at radius 3 is 2.44 bits per heavy atom. The van der Waals surface area contributed by atoms with Gasteiger partial charge in [0.05, 0.1) is 4.92 Å². The summed E-state index contributed by atoms with van der Waals surface area (Å²) in [6, 6.07) is 0. The molecule has 18 heavy (non-hydrogen) atoms. The lowest BCUT2D eigenvalue weighted by molar-refractivity contribution is -0.385. The Balaban J connectivity index is 2.83. The van der Waals surface area contributed by atoms with Crippen molar-refractivity contribution in [3.05, 3.63) is 22.5 Å². The highest BCUT2D eigenvalue weighted by Crippen LogP contribution is 2.34. The molecule has 0 aliphatic heterocycles. The molecule has 0 aliphatic rings. The van der Waals surface area contributed by atoms with Crippen LogP contribution in [-0.2, 0) is 6.54 Å². The molecule has 0 aromatic carbocycles. The molecular weight excluding hydrogens is 298 g/mol. The van der Waals surface area contributed by atoms with E-state index >= 15 is 0 Å². The molecule has 5 nitrogen and oxygen atoms in total. The van der Waals surface area contributed by atoms with Crippen molar-refractivity contribution in [1.29, 1.82) is 0 Å². The molecule has 0 atom stereocenters.